The zero-order valence-corrected chi connectivity index (χ0v) is 10.6. The van der Waals surface area contributed by atoms with Crippen molar-refractivity contribution in [3.8, 4) is 0 Å². The fraction of sp³-hybridized carbons (Fsp3) is 0.250. The van der Waals surface area contributed by atoms with Gasteiger partial charge in [0, 0.05) is 5.57 Å². The van der Waals surface area contributed by atoms with Gasteiger partial charge in [0.1, 0.15) is 0 Å². The van der Waals surface area contributed by atoms with Gasteiger partial charge in [0.15, 0.2) is 0 Å². The predicted octanol–water partition coefficient (Wildman–Crippen LogP) is 3.96. The van der Waals surface area contributed by atoms with E-state index in [9.17, 15) is 4.79 Å². The summed E-state index contributed by atoms with van der Waals surface area (Å²) < 4.78 is 4.86. The summed E-state index contributed by atoms with van der Waals surface area (Å²) in [5.74, 6) is -0.325. The molecular weight excluding hydrogens is 247 g/mol. The summed E-state index contributed by atoms with van der Waals surface area (Å²) in [5.41, 5.74) is 1.35. The molecule has 16 heavy (non-hydrogen) atoms. The van der Waals surface area contributed by atoms with Gasteiger partial charge >= 0.3 is 5.97 Å². The van der Waals surface area contributed by atoms with Crippen molar-refractivity contribution in [3.05, 3.63) is 39.4 Å². The van der Waals surface area contributed by atoms with Gasteiger partial charge in [-0.1, -0.05) is 29.3 Å². The van der Waals surface area contributed by atoms with Crippen LogP contribution in [0.25, 0.3) is 6.08 Å². The predicted molar refractivity (Wildman–Crippen MR) is 66.7 cm³/mol. The number of benzene rings is 1. The Hall–Kier alpha value is -0.990. The van der Waals surface area contributed by atoms with Gasteiger partial charge < -0.3 is 4.74 Å². The van der Waals surface area contributed by atoms with Crippen molar-refractivity contribution in [3.63, 3.8) is 0 Å². The van der Waals surface area contributed by atoms with E-state index in [0.717, 1.165) is 5.56 Å². The van der Waals surface area contributed by atoms with Crippen LogP contribution in [0, 0.1) is 0 Å². The molecule has 0 atom stereocenters. The van der Waals surface area contributed by atoms with Crippen LogP contribution in [0.3, 0.4) is 0 Å². The fourth-order valence-electron chi connectivity index (χ4n) is 1.16. The zero-order valence-electron chi connectivity index (χ0n) is 9.09. The fourth-order valence-corrected chi connectivity index (χ4v) is 1.46. The second kappa shape index (κ2) is 5.92. The molecule has 0 radical (unpaired) electrons. The first-order valence-corrected chi connectivity index (χ1v) is 5.60. The van der Waals surface area contributed by atoms with Gasteiger partial charge in [0.2, 0.25) is 0 Å². The van der Waals surface area contributed by atoms with Crippen LogP contribution in [0.4, 0.5) is 0 Å². The molecule has 1 aromatic carbocycles. The van der Waals surface area contributed by atoms with Crippen LogP contribution < -0.4 is 0 Å². The second-order valence-corrected chi connectivity index (χ2v) is 4.04. The molecule has 4 heteroatoms. The lowest BCUT2D eigenvalue weighted by Crippen LogP contribution is -2.04. The van der Waals surface area contributed by atoms with E-state index in [1.807, 2.05) is 0 Å². The van der Waals surface area contributed by atoms with Gasteiger partial charge in [-0.25, -0.2) is 4.79 Å². The maximum atomic E-state index is 11.3. The van der Waals surface area contributed by atoms with E-state index >= 15 is 0 Å². The number of ether oxygens (including phenoxy) is 1. The number of rotatable bonds is 3. The van der Waals surface area contributed by atoms with Crippen LogP contribution in [-0.2, 0) is 9.53 Å². The summed E-state index contributed by atoms with van der Waals surface area (Å²) in [6.45, 7) is 3.83. The van der Waals surface area contributed by atoms with Gasteiger partial charge in [-0.15, -0.1) is 0 Å². The number of esters is 1. The summed E-state index contributed by atoms with van der Waals surface area (Å²) >= 11 is 11.6. The van der Waals surface area contributed by atoms with Crippen molar-refractivity contribution in [1.29, 1.82) is 0 Å². The molecule has 0 spiro atoms. The molecule has 86 valence electrons. The Balaban J connectivity index is 2.89. The normalized spacial score (nSPS) is 11.4. The SMILES string of the molecule is CCOC(=O)/C(C)=C/c1ccc(Cl)c(Cl)c1. The van der Waals surface area contributed by atoms with E-state index in [1.165, 1.54) is 0 Å². The van der Waals surface area contributed by atoms with E-state index in [1.54, 1.807) is 38.1 Å². The van der Waals surface area contributed by atoms with Crippen molar-refractivity contribution >= 4 is 35.2 Å². The van der Waals surface area contributed by atoms with E-state index in [-0.39, 0.29) is 5.97 Å². The van der Waals surface area contributed by atoms with E-state index < -0.39 is 0 Å². The van der Waals surface area contributed by atoms with Crippen LogP contribution in [0.1, 0.15) is 19.4 Å². The summed E-state index contributed by atoms with van der Waals surface area (Å²) in [6.07, 6.45) is 1.71. The number of halogens is 2. The lowest BCUT2D eigenvalue weighted by Gasteiger charge is -2.02. The zero-order chi connectivity index (χ0) is 12.1. The maximum absolute atomic E-state index is 11.3. The highest BCUT2D eigenvalue weighted by Crippen LogP contribution is 2.23. The molecule has 0 aliphatic heterocycles. The minimum absolute atomic E-state index is 0.325. The Kier molecular flexibility index (Phi) is 4.84. The first kappa shape index (κ1) is 13.1. The maximum Gasteiger partial charge on any atom is 0.333 e. The molecule has 0 saturated carbocycles. The topological polar surface area (TPSA) is 26.3 Å². The Labute approximate surface area is 105 Å². The van der Waals surface area contributed by atoms with Crippen LogP contribution in [0.2, 0.25) is 10.0 Å². The number of hydrogen-bond donors (Lipinski definition) is 0. The summed E-state index contributed by atoms with van der Waals surface area (Å²) in [4.78, 5) is 11.3. The highest BCUT2D eigenvalue weighted by atomic mass is 35.5. The largest absolute Gasteiger partial charge is 0.463 e. The number of carbonyl (C=O) groups is 1. The summed E-state index contributed by atoms with van der Waals surface area (Å²) in [6, 6.07) is 5.18. The standard InChI is InChI=1S/C12H12Cl2O2/c1-3-16-12(15)8(2)6-9-4-5-10(13)11(14)7-9/h4-7H,3H2,1-2H3/b8-6+. The van der Waals surface area contributed by atoms with Crippen LogP contribution >= 0.6 is 23.2 Å². The van der Waals surface area contributed by atoms with Crippen LogP contribution in [-0.4, -0.2) is 12.6 Å². The van der Waals surface area contributed by atoms with Crippen molar-refractivity contribution in [2.45, 2.75) is 13.8 Å². The van der Waals surface area contributed by atoms with Crippen molar-refractivity contribution in [2.75, 3.05) is 6.61 Å². The molecule has 1 rings (SSSR count). The molecule has 1 aromatic rings. The second-order valence-electron chi connectivity index (χ2n) is 3.22. The summed E-state index contributed by atoms with van der Waals surface area (Å²) in [7, 11) is 0. The first-order valence-electron chi connectivity index (χ1n) is 4.85. The average Bonchev–Trinajstić information content (AvgIpc) is 2.24. The molecule has 0 heterocycles. The molecule has 0 aromatic heterocycles. The van der Waals surface area contributed by atoms with E-state index in [2.05, 4.69) is 0 Å². The minimum atomic E-state index is -0.325. The van der Waals surface area contributed by atoms with E-state index in [4.69, 9.17) is 27.9 Å². The Morgan fingerprint density at radius 2 is 2.06 bits per heavy atom. The van der Waals surface area contributed by atoms with Gasteiger partial charge in [0.25, 0.3) is 0 Å². The Morgan fingerprint density at radius 1 is 1.38 bits per heavy atom. The van der Waals surface area contributed by atoms with Gasteiger partial charge in [0.05, 0.1) is 16.7 Å². The minimum Gasteiger partial charge on any atom is -0.463 e. The van der Waals surface area contributed by atoms with Crippen molar-refractivity contribution in [2.24, 2.45) is 0 Å². The average molecular weight is 259 g/mol. The highest BCUT2D eigenvalue weighted by molar-refractivity contribution is 6.42. The molecule has 0 fully saturated rings. The van der Waals surface area contributed by atoms with Gasteiger partial charge in [-0.05, 0) is 37.6 Å². The first-order chi connectivity index (χ1) is 7.54. The van der Waals surface area contributed by atoms with E-state index in [0.29, 0.717) is 22.2 Å². The lowest BCUT2D eigenvalue weighted by atomic mass is 10.1. The molecule has 0 saturated heterocycles. The monoisotopic (exact) mass is 258 g/mol. The molecule has 2 nitrogen and oxygen atoms in total. The van der Waals surface area contributed by atoms with Gasteiger partial charge in [-0.3, -0.25) is 0 Å². The number of carbonyl (C=O) groups excluding carboxylic acids is 1. The molecule has 0 aliphatic carbocycles. The molecule has 0 bridgehead atoms. The molecular formula is C12H12Cl2O2. The van der Waals surface area contributed by atoms with Crippen LogP contribution in [0.5, 0.6) is 0 Å². The highest BCUT2D eigenvalue weighted by Gasteiger charge is 2.05. The summed E-state index contributed by atoms with van der Waals surface area (Å²) in [5, 5.41) is 0.958. The molecule has 0 unspecified atom stereocenters. The Morgan fingerprint density at radius 3 is 2.62 bits per heavy atom. The van der Waals surface area contributed by atoms with Crippen LogP contribution in [0.15, 0.2) is 23.8 Å². The lowest BCUT2D eigenvalue weighted by molar-refractivity contribution is -0.138. The third-order valence-electron chi connectivity index (χ3n) is 1.92. The van der Waals surface area contributed by atoms with Crippen molar-refractivity contribution < 1.29 is 9.53 Å². The smallest absolute Gasteiger partial charge is 0.333 e. The third-order valence-corrected chi connectivity index (χ3v) is 2.66. The molecule has 0 amide bonds. The number of hydrogen-bond acceptors (Lipinski definition) is 2. The molecule has 0 N–H and O–H groups in total. The third kappa shape index (κ3) is 3.54. The molecule has 0 aliphatic rings. The Bertz CT molecular complexity index is 425. The van der Waals surface area contributed by atoms with Gasteiger partial charge in [-0.2, -0.15) is 0 Å². The quantitative estimate of drug-likeness (QED) is 0.606. The van der Waals surface area contributed by atoms with Crippen molar-refractivity contribution in [1.82, 2.24) is 0 Å².